The van der Waals surface area contributed by atoms with Crippen molar-refractivity contribution in [2.75, 3.05) is 24.5 Å². The highest BCUT2D eigenvalue weighted by Crippen LogP contribution is 2.24. The number of anilines is 1. The summed E-state index contributed by atoms with van der Waals surface area (Å²) in [5, 5.41) is 15.6. The van der Waals surface area contributed by atoms with Crippen LogP contribution in [0.1, 0.15) is 18.4 Å². The summed E-state index contributed by atoms with van der Waals surface area (Å²) < 4.78 is 0. The maximum absolute atomic E-state index is 12.7. The fourth-order valence-electron chi connectivity index (χ4n) is 3.89. The molecule has 0 aliphatic carbocycles. The van der Waals surface area contributed by atoms with Gasteiger partial charge in [-0.05, 0) is 49.1 Å². The highest BCUT2D eigenvalue weighted by Gasteiger charge is 2.26. The van der Waals surface area contributed by atoms with Crippen molar-refractivity contribution in [2.24, 2.45) is 5.92 Å². The third-order valence-electron chi connectivity index (χ3n) is 5.48. The summed E-state index contributed by atoms with van der Waals surface area (Å²) in [6, 6.07) is 8.81. The summed E-state index contributed by atoms with van der Waals surface area (Å²) >= 11 is 6.10. The molecule has 0 unspecified atom stereocenters. The van der Waals surface area contributed by atoms with Crippen molar-refractivity contribution < 1.29 is 9.72 Å². The lowest BCUT2D eigenvalue weighted by atomic mass is 9.97. The van der Waals surface area contributed by atoms with Gasteiger partial charge in [-0.25, -0.2) is 4.98 Å². The fraction of sp³-hybridized carbons (Fsp3) is 0.333. The molecule has 3 aromatic rings. The minimum Gasteiger partial charge on any atom is -0.361 e. The first kappa shape index (κ1) is 20.2. The minimum atomic E-state index is -0.467. The summed E-state index contributed by atoms with van der Waals surface area (Å²) in [5.74, 6) is 0.557. The second kappa shape index (κ2) is 8.71. The van der Waals surface area contributed by atoms with Crippen LogP contribution in [0, 0.1) is 16.0 Å². The second-order valence-corrected chi connectivity index (χ2v) is 7.90. The number of benzene rings is 1. The van der Waals surface area contributed by atoms with E-state index in [1.165, 1.54) is 12.3 Å². The number of aromatic amines is 1. The van der Waals surface area contributed by atoms with E-state index in [1.54, 1.807) is 6.07 Å². The number of rotatable bonds is 6. The van der Waals surface area contributed by atoms with Gasteiger partial charge in [-0.2, -0.15) is 0 Å². The molecule has 1 atom stereocenters. The molecular weight excluding hydrogens is 406 g/mol. The Kier molecular flexibility index (Phi) is 5.85. The van der Waals surface area contributed by atoms with Crippen LogP contribution in [0.2, 0.25) is 5.02 Å². The Morgan fingerprint density at radius 1 is 1.37 bits per heavy atom. The molecule has 9 heteroatoms. The predicted octanol–water partition coefficient (Wildman–Crippen LogP) is 3.70. The van der Waals surface area contributed by atoms with Gasteiger partial charge in [-0.3, -0.25) is 14.9 Å². The molecular formula is C21H22ClN5O3. The van der Waals surface area contributed by atoms with E-state index >= 15 is 0 Å². The summed E-state index contributed by atoms with van der Waals surface area (Å²) in [6.07, 6.45) is 5.62. The van der Waals surface area contributed by atoms with E-state index < -0.39 is 4.92 Å². The summed E-state index contributed by atoms with van der Waals surface area (Å²) in [6.45, 7) is 1.88. The molecule has 2 aromatic heterocycles. The highest BCUT2D eigenvalue weighted by molar-refractivity contribution is 6.31. The average molecular weight is 428 g/mol. The topological polar surface area (TPSA) is 104 Å². The molecule has 0 bridgehead atoms. The zero-order valence-corrected chi connectivity index (χ0v) is 17.1. The van der Waals surface area contributed by atoms with E-state index in [0.717, 1.165) is 35.9 Å². The van der Waals surface area contributed by atoms with Crippen LogP contribution in [-0.4, -0.2) is 40.4 Å². The molecule has 1 aromatic carbocycles. The molecule has 3 heterocycles. The van der Waals surface area contributed by atoms with E-state index in [2.05, 4.69) is 15.3 Å². The number of hydrogen-bond donors (Lipinski definition) is 2. The molecule has 8 nitrogen and oxygen atoms in total. The number of nitrogens with one attached hydrogen (secondary N) is 2. The van der Waals surface area contributed by atoms with Crippen LogP contribution in [0.15, 0.2) is 42.7 Å². The number of amides is 1. The van der Waals surface area contributed by atoms with Crippen molar-refractivity contribution in [1.82, 2.24) is 15.3 Å². The molecule has 0 radical (unpaired) electrons. The maximum atomic E-state index is 12.7. The van der Waals surface area contributed by atoms with Gasteiger partial charge in [0.05, 0.1) is 10.8 Å². The molecule has 1 saturated heterocycles. The lowest BCUT2D eigenvalue weighted by Gasteiger charge is -2.32. The van der Waals surface area contributed by atoms with Crippen LogP contribution in [0.5, 0.6) is 0 Å². The molecule has 156 valence electrons. The van der Waals surface area contributed by atoms with Crippen LogP contribution < -0.4 is 10.2 Å². The molecule has 2 N–H and O–H groups in total. The average Bonchev–Trinajstić information content (AvgIpc) is 3.16. The van der Waals surface area contributed by atoms with Crippen LogP contribution >= 0.6 is 11.6 Å². The Morgan fingerprint density at radius 2 is 2.23 bits per heavy atom. The Balaban J connectivity index is 1.33. The molecule has 0 spiro atoms. The number of piperidine rings is 1. The normalized spacial score (nSPS) is 16.6. The van der Waals surface area contributed by atoms with Crippen LogP contribution in [0.25, 0.3) is 10.9 Å². The third-order valence-corrected chi connectivity index (χ3v) is 5.72. The number of fused-ring (bicyclic) bond motifs is 1. The highest BCUT2D eigenvalue weighted by atomic mass is 35.5. The van der Waals surface area contributed by atoms with E-state index in [9.17, 15) is 14.9 Å². The third kappa shape index (κ3) is 4.38. The monoisotopic (exact) mass is 427 g/mol. The standard InChI is InChI=1S/C21H22ClN5O3/c22-16-3-5-19-18(10-16)14(11-24-19)7-8-23-21(28)15-2-1-9-26(13-15)20-6-4-17(12-25-20)27(29)30/h3-6,10-12,15,24H,1-2,7-9,13H2,(H,23,28)/t15-/m1/s1. The number of hydrogen-bond acceptors (Lipinski definition) is 5. The van der Waals surface area contributed by atoms with E-state index in [-0.39, 0.29) is 17.5 Å². The number of carbonyl (C=O) groups excluding carboxylic acids is 1. The summed E-state index contributed by atoms with van der Waals surface area (Å²) in [5.41, 5.74) is 2.11. The number of pyridine rings is 1. The lowest BCUT2D eigenvalue weighted by Crippen LogP contribution is -2.43. The second-order valence-electron chi connectivity index (χ2n) is 7.46. The number of H-pyrrole nitrogens is 1. The fourth-order valence-corrected chi connectivity index (χ4v) is 4.07. The van der Waals surface area contributed by atoms with Crippen molar-refractivity contribution >= 4 is 39.9 Å². The number of halogens is 1. The SMILES string of the molecule is O=C(NCCc1c[nH]c2ccc(Cl)cc12)[C@@H]1CCCN(c2ccc([N+](=O)[O-])cn2)C1. The number of nitrogens with zero attached hydrogens (tertiary/aromatic N) is 3. The van der Waals surface area contributed by atoms with Crippen LogP contribution in [0.4, 0.5) is 11.5 Å². The molecule has 1 aliphatic rings. The van der Waals surface area contributed by atoms with Crippen molar-refractivity contribution in [3.05, 3.63) is 63.4 Å². The zero-order chi connectivity index (χ0) is 21.1. The number of aromatic nitrogens is 2. The van der Waals surface area contributed by atoms with Gasteiger partial charge < -0.3 is 15.2 Å². The summed E-state index contributed by atoms with van der Waals surface area (Å²) in [7, 11) is 0. The van der Waals surface area contributed by atoms with Crippen LogP contribution in [-0.2, 0) is 11.2 Å². The van der Waals surface area contributed by atoms with Crippen molar-refractivity contribution in [3.8, 4) is 0 Å². The predicted molar refractivity (Wildman–Crippen MR) is 116 cm³/mol. The Morgan fingerprint density at radius 3 is 3.00 bits per heavy atom. The number of carbonyl (C=O) groups is 1. The van der Waals surface area contributed by atoms with Crippen molar-refractivity contribution in [2.45, 2.75) is 19.3 Å². The number of nitro groups is 1. The molecule has 1 amide bonds. The lowest BCUT2D eigenvalue weighted by molar-refractivity contribution is -0.385. The first-order valence-electron chi connectivity index (χ1n) is 9.90. The van der Waals surface area contributed by atoms with E-state index in [1.807, 2.05) is 29.3 Å². The smallest absolute Gasteiger partial charge is 0.287 e. The molecule has 1 fully saturated rings. The first-order chi connectivity index (χ1) is 14.5. The quantitative estimate of drug-likeness (QED) is 0.461. The minimum absolute atomic E-state index is 0.0273. The molecule has 0 saturated carbocycles. The Hall–Kier alpha value is -3.13. The van der Waals surface area contributed by atoms with Gasteiger partial charge in [0, 0.05) is 47.8 Å². The van der Waals surface area contributed by atoms with Gasteiger partial charge in [0.2, 0.25) is 5.91 Å². The first-order valence-corrected chi connectivity index (χ1v) is 10.3. The van der Waals surface area contributed by atoms with Crippen molar-refractivity contribution in [3.63, 3.8) is 0 Å². The van der Waals surface area contributed by atoms with Gasteiger partial charge in [0.25, 0.3) is 5.69 Å². The summed E-state index contributed by atoms with van der Waals surface area (Å²) in [4.78, 5) is 32.4. The Labute approximate surface area is 178 Å². The van der Waals surface area contributed by atoms with Gasteiger partial charge in [0.15, 0.2) is 0 Å². The maximum Gasteiger partial charge on any atom is 0.287 e. The van der Waals surface area contributed by atoms with E-state index in [4.69, 9.17) is 11.6 Å². The van der Waals surface area contributed by atoms with Gasteiger partial charge >= 0.3 is 0 Å². The van der Waals surface area contributed by atoms with E-state index in [0.29, 0.717) is 30.4 Å². The molecule has 1 aliphatic heterocycles. The molecule has 4 rings (SSSR count). The van der Waals surface area contributed by atoms with Gasteiger partial charge in [-0.1, -0.05) is 11.6 Å². The zero-order valence-electron chi connectivity index (χ0n) is 16.3. The van der Waals surface area contributed by atoms with Crippen molar-refractivity contribution in [1.29, 1.82) is 0 Å². The molecule has 30 heavy (non-hydrogen) atoms. The van der Waals surface area contributed by atoms with Gasteiger partial charge in [0.1, 0.15) is 12.0 Å². The largest absolute Gasteiger partial charge is 0.361 e. The van der Waals surface area contributed by atoms with Gasteiger partial charge in [-0.15, -0.1) is 0 Å². The Bertz CT molecular complexity index is 1070. The van der Waals surface area contributed by atoms with Crippen LogP contribution in [0.3, 0.4) is 0 Å².